The molecule has 2 atom stereocenters. The van der Waals surface area contributed by atoms with E-state index in [1.807, 2.05) is 24.3 Å². The molecular weight excluding hydrogens is 222 g/mol. The van der Waals surface area contributed by atoms with Gasteiger partial charge in [-0.05, 0) is 49.4 Å². The number of rotatable bonds is 2. The van der Waals surface area contributed by atoms with Crippen LogP contribution < -0.4 is 10.5 Å². The van der Waals surface area contributed by atoms with Crippen molar-refractivity contribution in [2.75, 3.05) is 6.54 Å². The summed E-state index contributed by atoms with van der Waals surface area (Å²) in [7, 11) is 0. The summed E-state index contributed by atoms with van der Waals surface area (Å²) in [6, 6.07) is 7.98. The zero-order valence-electron chi connectivity index (χ0n) is 11.0. The summed E-state index contributed by atoms with van der Waals surface area (Å²) < 4.78 is 6.01. The van der Waals surface area contributed by atoms with Gasteiger partial charge in [0.1, 0.15) is 5.75 Å². The summed E-state index contributed by atoms with van der Waals surface area (Å²) in [5, 5.41) is 0. The van der Waals surface area contributed by atoms with Gasteiger partial charge in [0.05, 0.1) is 12.6 Å². The van der Waals surface area contributed by atoms with E-state index in [9.17, 15) is 0 Å². The van der Waals surface area contributed by atoms with Gasteiger partial charge in [-0.15, -0.1) is 0 Å². The largest absolute Gasteiger partial charge is 0.490 e. The summed E-state index contributed by atoms with van der Waals surface area (Å²) in [5.74, 6) is 7.60. The molecule has 2 nitrogen and oxygen atoms in total. The molecule has 0 saturated heterocycles. The molecule has 1 aliphatic rings. The maximum Gasteiger partial charge on any atom is 0.119 e. The van der Waals surface area contributed by atoms with Crippen molar-refractivity contribution in [2.45, 2.75) is 38.7 Å². The molecule has 18 heavy (non-hydrogen) atoms. The third kappa shape index (κ3) is 3.78. The summed E-state index contributed by atoms with van der Waals surface area (Å²) in [6.07, 6.45) is 5.36. The average Bonchev–Trinajstić information content (AvgIpc) is 2.38. The van der Waals surface area contributed by atoms with Gasteiger partial charge >= 0.3 is 0 Å². The lowest BCUT2D eigenvalue weighted by molar-refractivity contribution is 0.129. The molecular formula is C16H21NO. The first kappa shape index (κ1) is 13.0. The summed E-state index contributed by atoms with van der Waals surface area (Å²) in [4.78, 5) is 0. The fraction of sp³-hybridized carbons (Fsp3) is 0.500. The molecule has 2 heteroatoms. The van der Waals surface area contributed by atoms with E-state index >= 15 is 0 Å². The molecule has 0 aromatic heterocycles. The molecule has 0 radical (unpaired) electrons. The Bertz CT molecular complexity index is 427. The molecule has 1 aliphatic carbocycles. The fourth-order valence-electron chi connectivity index (χ4n) is 2.45. The second kappa shape index (κ2) is 6.47. The van der Waals surface area contributed by atoms with Gasteiger partial charge in [0.15, 0.2) is 0 Å². The van der Waals surface area contributed by atoms with E-state index in [4.69, 9.17) is 10.5 Å². The van der Waals surface area contributed by atoms with E-state index in [0.29, 0.717) is 12.6 Å². The standard InChI is InChI=1S/C16H21NO/c1-13-4-2-6-16(12-13)18-15-9-7-14(8-10-15)5-3-11-17/h7-10,13,16H,2,4,6,11-12,17H2,1H3. The third-order valence-corrected chi connectivity index (χ3v) is 3.38. The molecule has 0 amide bonds. The minimum Gasteiger partial charge on any atom is -0.490 e. The SMILES string of the molecule is CC1CCCC(Oc2ccc(C#CCN)cc2)C1. The van der Waals surface area contributed by atoms with Gasteiger partial charge < -0.3 is 10.5 Å². The highest BCUT2D eigenvalue weighted by molar-refractivity contribution is 5.38. The molecule has 1 fully saturated rings. The predicted octanol–water partition coefficient (Wildman–Crippen LogP) is 2.95. The van der Waals surface area contributed by atoms with Crippen molar-refractivity contribution in [3.05, 3.63) is 29.8 Å². The highest BCUT2D eigenvalue weighted by Crippen LogP contribution is 2.27. The van der Waals surface area contributed by atoms with Crippen molar-refractivity contribution in [2.24, 2.45) is 11.7 Å². The number of hydrogen-bond donors (Lipinski definition) is 1. The van der Waals surface area contributed by atoms with Crippen molar-refractivity contribution in [3.63, 3.8) is 0 Å². The van der Waals surface area contributed by atoms with Gasteiger partial charge in [0, 0.05) is 5.56 Å². The van der Waals surface area contributed by atoms with E-state index in [2.05, 4.69) is 18.8 Å². The van der Waals surface area contributed by atoms with Crippen LogP contribution in [0.15, 0.2) is 24.3 Å². The van der Waals surface area contributed by atoms with E-state index < -0.39 is 0 Å². The van der Waals surface area contributed by atoms with E-state index in [1.165, 1.54) is 25.7 Å². The van der Waals surface area contributed by atoms with E-state index in [1.54, 1.807) is 0 Å². The number of ether oxygens (including phenoxy) is 1. The first-order valence-electron chi connectivity index (χ1n) is 6.73. The summed E-state index contributed by atoms with van der Waals surface area (Å²) >= 11 is 0. The molecule has 1 aromatic rings. The first-order valence-corrected chi connectivity index (χ1v) is 6.73. The van der Waals surface area contributed by atoms with Crippen molar-refractivity contribution >= 4 is 0 Å². The van der Waals surface area contributed by atoms with Crippen LogP contribution in [-0.4, -0.2) is 12.6 Å². The van der Waals surface area contributed by atoms with Gasteiger partial charge in [-0.2, -0.15) is 0 Å². The topological polar surface area (TPSA) is 35.2 Å². The molecule has 0 heterocycles. The molecule has 1 saturated carbocycles. The summed E-state index contributed by atoms with van der Waals surface area (Å²) in [6.45, 7) is 2.71. The van der Waals surface area contributed by atoms with Crippen LogP contribution in [0, 0.1) is 17.8 Å². The Morgan fingerprint density at radius 3 is 2.72 bits per heavy atom. The number of nitrogens with two attached hydrogens (primary N) is 1. The minimum absolute atomic E-state index is 0.384. The lowest BCUT2D eigenvalue weighted by atomic mass is 9.89. The van der Waals surface area contributed by atoms with Gasteiger partial charge in [0.25, 0.3) is 0 Å². The van der Waals surface area contributed by atoms with Crippen LogP contribution in [0.25, 0.3) is 0 Å². The molecule has 0 spiro atoms. The molecule has 96 valence electrons. The smallest absolute Gasteiger partial charge is 0.119 e. The van der Waals surface area contributed by atoms with Gasteiger partial charge in [-0.25, -0.2) is 0 Å². The van der Waals surface area contributed by atoms with Crippen molar-refractivity contribution in [1.29, 1.82) is 0 Å². The predicted molar refractivity (Wildman–Crippen MR) is 74.4 cm³/mol. The highest BCUT2D eigenvalue weighted by Gasteiger charge is 2.19. The highest BCUT2D eigenvalue weighted by atomic mass is 16.5. The molecule has 1 aromatic carbocycles. The van der Waals surface area contributed by atoms with Crippen LogP contribution in [0.4, 0.5) is 0 Å². The maximum absolute atomic E-state index is 6.01. The quantitative estimate of drug-likeness (QED) is 0.811. The molecule has 0 bridgehead atoms. The van der Waals surface area contributed by atoms with Gasteiger partial charge in [-0.1, -0.05) is 25.2 Å². The Morgan fingerprint density at radius 1 is 1.28 bits per heavy atom. The second-order valence-electron chi connectivity index (χ2n) is 5.04. The zero-order valence-corrected chi connectivity index (χ0v) is 11.0. The lowest BCUT2D eigenvalue weighted by Crippen LogP contribution is -2.23. The van der Waals surface area contributed by atoms with Crippen LogP contribution in [-0.2, 0) is 0 Å². The van der Waals surface area contributed by atoms with Crippen LogP contribution in [0.2, 0.25) is 0 Å². The van der Waals surface area contributed by atoms with Crippen LogP contribution >= 0.6 is 0 Å². The first-order chi connectivity index (χ1) is 8.78. The van der Waals surface area contributed by atoms with E-state index in [0.717, 1.165) is 17.2 Å². The van der Waals surface area contributed by atoms with Crippen LogP contribution in [0.5, 0.6) is 5.75 Å². The Labute approximate surface area is 110 Å². The lowest BCUT2D eigenvalue weighted by Gasteiger charge is -2.27. The Kier molecular flexibility index (Phi) is 4.66. The summed E-state index contributed by atoms with van der Waals surface area (Å²) in [5.41, 5.74) is 6.34. The fourth-order valence-corrected chi connectivity index (χ4v) is 2.45. The van der Waals surface area contributed by atoms with Gasteiger partial charge in [-0.3, -0.25) is 0 Å². The monoisotopic (exact) mass is 243 g/mol. The molecule has 2 N–H and O–H groups in total. The Balaban J connectivity index is 1.93. The molecule has 2 rings (SSSR count). The Morgan fingerprint density at radius 2 is 2.06 bits per heavy atom. The van der Waals surface area contributed by atoms with Crippen molar-refractivity contribution in [1.82, 2.24) is 0 Å². The van der Waals surface area contributed by atoms with Crippen LogP contribution in [0.1, 0.15) is 38.2 Å². The molecule has 2 unspecified atom stereocenters. The number of benzene rings is 1. The molecule has 0 aliphatic heterocycles. The third-order valence-electron chi connectivity index (χ3n) is 3.38. The second-order valence-corrected chi connectivity index (χ2v) is 5.04. The van der Waals surface area contributed by atoms with Crippen molar-refractivity contribution < 1.29 is 4.74 Å². The average molecular weight is 243 g/mol. The number of hydrogen-bond acceptors (Lipinski definition) is 2. The van der Waals surface area contributed by atoms with E-state index in [-0.39, 0.29) is 0 Å². The zero-order chi connectivity index (χ0) is 12.8. The minimum atomic E-state index is 0.384. The Hall–Kier alpha value is -1.46. The normalized spacial score (nSPS) is 23.0. The maximum atomic E-state index is 6.01. The van der Waals surface area contributed by atoms with Gasteiger partial charge in [0.2, 0.25) is 0 Å². The van der Waals surface area contributed by atoms with Crippen molar-refractivity contribution in [3.8, 4) is 17.6 Å². The van der Waals surface area contributed by atoms with Crippen LogP contribution in [0.3, 0.4) is 0 Å².